The van der Waals surface area contributed by atoms with Gasteiger partial charge in [0.15, 0.2) is 5.78 Å². The van der Waals surface area contributed by atoms with Crippen molar-refractivity contribution in [2.75, 3.05) is 41.7 Å². The molecule has 0 aromatic heterocycles. The molecule has 0 fully saturated rings. The fourth-order valence-corrected chi connectivity index (χ4v) is 1.05. The van der Waals surface area contributed by atoms with Crippen molar-refractivity contribution in [3.63, 3.8) is 0 Å². The number of Topliss-reactive ketones (excluding diaryl/α,β-unsaturated/α-hetero) is 1. The predicted octanol–water partition coefficient (Wildman–Crippen LogP) is -0.0782. The molecule has 0 heterocycles. The van der Waals surface area contributed by atoms with E-state index in [1.54, 1.807) is 0 Å². The molecule has 0 amide bonds. The van der Waals surface area contributed by atoms with Crippen molar-refractivity contribution in [1.82, 2.24) is 0 Å². The first-order valence-corrected chi connectivity index (χ1v) is 4.48. The third kappa shape index (κ3) is 4.00. The van der Waals surface area contributed by atoms with Gasteiger partial charge >= 0.3 is 5.97 Å². The molecule has 0 aliphatic heterocycles. The Balaban J connectivity index is 5.17. The van der Waals surface area contributed by atoms with Gasteiger partial charge in [-0.05, 0) is 0 Å². The summed E-state index contributed by atoms with van der Waals surface area (Å²) in [5, 5.41) is 0. The number of rotatable bonds is 7. The fourth-order valence-electron chi connectivity index (χ4n) is 1.05. The highest BCUT2D eigenvalue weighted by atomic mass is 16.5. The summed E-state index contributed by atoms with van der Waals surface area (Å²) in [5.41, 5.74) is -0.186. The first-order valence-electron chi connectivity index (χ1n) is 4.48. The Kier molecular flexibility index (Phi) is 7.15. The zero-order valence-corrected chi connectivity index (χ0v) is 9.86. The zero-order chi connectivity index (χ0) is 12.6. The zero-order valence-electron chi connectivity index (χ0n) is 9.86. The molecule has 0 saturated carbocycles. The lowest BCUT2D eigenvalue weighted by atomic mass is 10.1. The average molecular weight is 232 g/mol. The van der Waals surface area contributed by atoms with Crippen LogP contribution in [-0.4, -0.2) is 53.4 Å². The lowest BCUT2D eigenvalue weighted by Crippen LogP contribution is -2.22. The van der Waals surface area contributed by atoms with Crippen LogP contribution in [0.1, 0.15) is 0 Å². The van der Waals surface area contributed by atoms with Crippen LogP contribution in [0.25, 0.3) is 0 Å². The third-order valence-corrected chi connectivity index (χ3v) is 1.74. The average Bonchev–Trinajstić information content (AvgIpc) is 2.28. The first kappa shape index (κ1) is 14.6. The summed E-state index contributed by atoms with van der Waals surface area (Å²) in [7, 11) is 5.31. The van der Waals surface area contributed by atoms with E-state index in [1.165, 1.54) is 28.4 Å². The van der Waals surface area contributed by atoms with Crippen LogP contribution in [0, 0.1) is 0 Å². The molecule has 0 unspecified atom stereocenters. The minimum absolute atomic E-state index is 0.0103. The monoisotopic (exact) mass is 232 g/mol. The van der Waals surface area contributed by atoms with E-state index >= 15 is 0 Å². The Morgan fingerprint density at radius 1 is 0.875 bits per heavy atom. The van der Waals surface area contributed by atoms with Crippen molar-refractivity contribution in [1.29, 1.82) is 0 Å². The summed E-state index contributed by atoms with van der Waals surface area (Å²) in [6.45, 7) is -0.211. The first-order chi connectivity index (χ1) is 7.62. The minimum Gasteiger partial charge on any atom is -0.498 e. The molecule has 92 valence electrons. The van der Waals surface area contributed by atoms with Gasteiger partial charge in [0.1, 0.15) is 24.5 Å². The van der Waals surface area contributed by atoms with Crippen molar-refractivity contribution in [2.45, 2.75) is 0 Å². The van der Waals surface area contributed by atoms with Crippen LogP contribution in [0.3, 0.4) is 0 Å². The van der Waals surface area contributed by atoms with Gasteiger partial charge in [-0.3, -0.25) is 4.79 Å². The van der Waals surface area contributed by atoms with Crippen molar-refractivity contribution in [3.8, 4) is 0 Å². The van der Waals surface area contributed by atoms with Crippen LogP contribution >= 0.6 is 0 Å². The van der Waals surface area contributed by atoms with E-state index in [0.717, 1.165) is 0 Å². The minimum atomic E-state index is -0.768. The number of methoxy groups -OCH3 is 4. The van der Waals surface area contributed by atoms with E-state index in [2.05, 4.69) is 9.47 Å². The lowest BCUT2D eigenvalue weighted by molar-refractivity contribution is -0.138. The van der Waals surface area contributed by atoms with Crippen molar-refractivity contribution in [3.05, 3.63) is 11.3 Å². The van der Waals surface area contributed by atoms with Gasteiger partial charge in [-0.2, -0.15) is 0 Å². The maximum absolute atomic E-state index is 11.6. The summed E-state index contributed by atoms with van der Waals surface area (Å²) < 4.78 is 18.9. The Hall–Kier alpha value is -1.40. The number of esters is 1. The summed E-state index contributed by atoms with van der Waals surface area (Å²) in [4.78, 5) is 23.0. The van der Waals surface area contributed by atoms with Crippen molar-refractivity contribution >= 4 is 11.8 Å². The van der Waals surface area contributed by atoms with Crippen LogP contribution in [0.2, 0.25) is 0 Å². The van der Waals surface area contributed by atoms with Crippen LogP contribution in [0.5, 0.6) is 0 Å². The van der Waals surface area contributed by atoms with Crippen molar-refractivity contribution < 1.29 is 28.5 Å². The molecular formula is C10H16O6. The highest BCUT2D eigenvalue weighted by molar-refractivity contribution is 6.18. The molecule has 0 bridgehead atoms. The summed E-state index contributed by atoms with van der Waals surface area (Å²) >= 11 is 0. The van der Waals surface area contributed by atoms with Crippen molar-refractivity contribution in [2.24, 2.45) is 0 Å². The highest BCUT2D eigenvalue weighted by Gasteiger charge is 2.24. The van der Waals surface area contributed by atoms with Gasteiger partial charge in [0, 0.05) is 14.2 Å². The molecule has 0 atom stereocenters. The van der Waals surface area contributed by atoms with Crippen LogP contribution < -0.4 is 0 Å². The summed E-state index contributed by atoms with van der Waals surface area (Å²) in [6, 6.07) is 0. The third-order valence-electron chi connectivity index (χ3n) is 1.74. The highest BCUT2D eigenvalue weighted by Crippen LogP contribution is 2.10. The second-order valence-corrected chi connectivity index (χ2v) is 2.78. The second kappa shape index (κ2) is 7.84. The molecule has 0 rings (SSSR count). The molecule has 0 aromatic carbocycles. The number of hydrogen-bond acceptors (Lipinski definition) is 6. The number of ketones is 1. The number of carbonyl (C=O) groups is 2. The van der Waals surface area contributed by atoms with E-state index in [-0.39, 0.29) is 24.5 Å². The number of carbonyl (C=O) groups excluding carboxylic acids is 2. The van der Waals surface area contributed by atoms with Crippen LogP contribution in [0.4, 0.5) is 0 Å². The Morgan fingerprint density at radius 2 is 1.44 bits per heavy atom. The normalized spacial score (nSPS) is 11.8. The van der Waals surface area contributed by atoms with Gasteiger partial charge < -0.3 is 18.9 Å². The van der Waals surface area contributed by atoms with E-state index in [0.29, 0.717) is 0 Å². The lowest BCUT2D eigenvalue weighted by Gasteiger charge is -2.10. The molecular weight excluding hydrogens is 216 g/mol. The largest absolute Gasteiger partial charge is 0.498 e. The van der Waals surface area contributed by atoms with Gasteiger partial charge in [0.25, 0.3) is 0 Å². The molecule has 6 heteroatoms. The van der Waals surface area contributed by atoms with Gasteiger partial charge in [-0.15, -0.1) is 0 Å². The topological polar surface area (TPSA) is 71.1 Å². The molecule has 0 aliphatic carbocycles. The Labute approximate surface area is 94.1 Å². The molecule has 16 heavy (non-hydrogen) atoms. The quantitative estimate of drug-likeness (QED) is 0.201. The Bertz CT molecular complexity index is 281. The molecule has 0 spiro atoms. The maximum Gasteiger partial charge on any atom is 0.345 e. The SMILES string of the molecule is COCC(=O)/C(C(=O)OC)=C(/COC)OC. The van der Waals surface area contributed by atoms with Crippen LogP contribution in [0.15, 0.2) is 11.3 Å². The van der Waals surface area contributed by atoms with Gasteiger partial charge in [-0.1, -0.05) is 0 Å². The predicted molar refractivity (Wildman–Crippen MR) is 54.8 cm³/mol. The van der Waals surface area contributed by atoms with E-state index in [1.807, 2.05) is 0 Å². The smallest absolute Gasteiger partial charge is 0.345 e. The standard InChI is InChI=1S/C10H16O6/c1-13-5-7(11)9(10(12)16-4)8(15-3)6-14-2/h5-6H2,1-4H3/b9-8+. The van der Waals surface area contributed by atoms with Gasteiger partial charge in [0.2, 0.25) is 0 Å². The fraction of sp³-hybridized carbons (Fsp3) is 0.600. The molecule has 0 N–H and O–H groups in total. The Morgan fingerprint density at radius 3 is 1.81 bits per heavy atom. The molecule has 0 aromatic rings. The molecule has 6 nitrogen and oxygen atoms in total. The summed E-state index contributed by atoms with van der Waals surface area (Å²) in [6.07, 6.45) is 0. The van der Waals surface area contributed by atoms with Gasteiger partial charge in [-0.25, -0.2) is 4.79 Å². The molecule has 0 aliphatic rings. The van der Waals surface area contributed by atoms with Gasteiger partial charge in [0.05, 0.1) is 14.2 Å². The maximum atomic E-state index is 11.6. The van der Waals surface area contributed by atoms with E-state index in [9.17, 15) is 9.59 Å². The summed E-state index contributed by atoms with van der Waals surface area (Å²) in [5.74, 6) is -1.16. The van der Waals surface area contributed by atoms with Crippen LogP contribution in [-0.2, 0) is 28.5 Å². The van der Waals surface area contributed by atoms with E-state index in [4.69, 9.17) is 9.47 Å². The second-order valence-electron chi connectivity index (χ2n) is 2.78. The molecule has 0 saturated heterocycles. The number of hydrogen-bond donors (Lipinski definition) is 0. The van der Waals surface area contributed by atoms with E-state index < -0.39 is 11.8 Å². The molecule has 0 radical (unpaired) electrons. The number of ether oxygens (including phenoxy) is 4.